The largest absolute Gasteiger partial charge is 0.360 e. The van der Waals surface area contributed by atoms with Gasteiger partial charge in [-0.05, 0) is 31.1 Å². The zero-order valence-corrected chi connectivity index (χ0v) is 16.4. The molecule has 2 amide bonds. The normalized spacial score (nSPS) is 21.0. The molecule has 0 bridgehead atoms. The fraction of sp³-hybridized carbons (Fsp3) is 0.722. The third-order valence-electron chi connectivity index (χ3n) is 4.59. The minimum atomic E-state index is -0.184. The summed E-state index contributed by atoms with van der Waals surface area (Å²) in [5, 5.41) is 9.54. The summed E-state index contributed by atoms with van der Waals surface area (Å²) in [5.74, 6) is 1.89. The zero-order valence-electron chi connectivity index (χ0n) is 15.6. The first-order valence-corrected chi connectivity index (χ1v) is 10.0. The monoisotopic (exact) mass is 367 g/mol. The highest BCUT2D eigenvalue weighted by atomic mass is 32.2. The second-order valence-electron chi connectivity index (χ2n) is 7.79. The summed E-state index contributed by atoms with van der Waals surface area (Å²) in [4.78, 5) is 24.1. The van der Waals surface area contributed by atoms with Crippen LogP contribution in [-0.2, 0) is 9.59 Å². The quantitative estimate of drug-likeness (QED) is 0.805. The van der Waals surface area contributed by atoms with Crippen molar-refractivity contribution in [2.24, 2.45) is 11.3 Å². The lowest BCUT2D eigenvalue weighted by Crippen LogP contribution is -2.47. The molecule has 1 saturated carbocycles. The highest BCUT2D eigenvalue weighted by Crippen LogP contribution is 2.37. The van der Waals surface area contributed by atoms with Gasteiger partial charge in [-0.1, -0.05) is 38.8 Å². The van der Waals surface area contributed by atoms with Gasteiger partial charge in [0.2, 0.25) is 11.8 Å². The lowest BCUT2D eigenvalue weighted by Gasteiger charge is -2.40. The van der Waals surface area contributed by atoms with Crippen molar-refractivity contribution in [1.82, 2.24) is 10.5 Å². The minimum Gasteiger partial charge on any atom is -0.360 e. The van der Waals surface area contributed by atoms with Crippen LogP contribution in [0, 0.1) is 18.3 Å². The van der Waals surface area contributed by atoms with Gasteiger partial charge >= 0.3 is 0 Å². The second kappa shape index (κ2) is 8.74. The van der Waals surface area contributed by atoms with Gasteiger partial charge in [0, 0.05) is 12.1 Å². The van der Waals surface area contributed by atoms with E-state index >= 15 is 0 Å². The predicted molar refractivity (Wildman–Crippen MR) is 101 cm³/mol. The molecule has 2 N–H and O–H groups in total. The van der Waals surface area contributed by atoms with Gasteiger partial charge in [0.05, 0.1) is 11.5 Å². The van der Waals surface area contributed by atoms with E-state index in [1.807, 2.05) is 0 Å². The molecule has 2 unspecified atom stereocenters. The summed E-state index contributed by atoms with van der Waals surface area (Å²) in [5.41, 5.74) is 0.196. The van der Waals surface area contributed by atoms with Crippen LogP contribution >= 0.6 is 11.8 Å². The van der Waals surface area contributed by atoms with E-state index in [9.17, 15) is 9.59 Å². The smallest absolute Gasteiger partial charge is 0.235 e. The first-order chi connectivity index (χ1) is 11.8. The summed E-state index contributed by atoms with van der Waals surface area (Å²) >= 11 is 1.31. The van der Waals surface area contributed by atoms with Gasteiger partial charge in [-0.15, -0.1) is 11.8 Å². The van der Waals surface area contributed by atoms with Gasteiger partial charge < -0.3 is 15.2 Å². The minimum absolute atomic E-state index is 0.0104. The maximum atomic E-state index is 12.2. The molecule has 1 aromatic rings. The summed E-state index contributed by atoms with van der Waals surface area (Å²) in [6.45, 7) is 8.49. The number of carbonyl (C=O) groups is 2. The number of aryl methyl sites for hydroxylation is 1. The Bertz CT molecular complexity index is 595. The van der Waals surface area contributed by atoms with Crippen LogP contribution in [0.1, 0.15) is 52.2 Å². The van der Waals surface area contributed by atoms with E-state index in [0.717, 1.165) is 6.42 Å². The number of nitrogens with one attached hydrogen (secondary N) is 2. The molecule has 0 spiro atoms. The number of thioether (sulfide) groups is 1. The summed E-state index contributed by atoms with van der Waals surface area (Å²) in [6.07, 6.45) is 4.63. The van der Waals surface area contributed by atoms with E-state index in [-0.39, 0.29) is 29.0 Å². The Morgan fingerprint density at radius 2 is 1.92 bits per heavy atom. The molecule has 1 aliphatic carbocycles. The van der Waals surface area contributed by atoms with Crippen molar-refractivity contribution in [1.29, 1.82) is 0 Å². The van der Waals surface area contributed by atoms with Crippen LogP contribution in [0.25, 0.3) is 0 Å². The molecule has 1 fully saturated rings. The first-order valence-electron chi connectivity index (χ1n) is 8.86. The Hall–Kier alpha value is -1.50. The van der Waals surface area contributed by atoms with E-state index in [4.69, 9.17) is 4.52 Å². The van der Waals surface area contributed by atoms with E-state index in [1.54, 1.807) is 13.0 Å². The molecule has 140 valence electrons. The molecule has 1 aliphatic rings. The molecule has 6 nitrogen and oxygen atoms in total. The predicted octanol–water partition coefficient (Wildman–Crippen LogP) is 3.38. The number of rotatable bonds is 6. The zero-order chi connectivity index (χ0) is 18.4. The number of nitrogens with zero attached hydrogens (tertiary/aromatic N) is 1. The second-order valence-corrected chi connectivity index (χ2v) is 8.78. The average molecular weight is 368 g/mol. The fourth-order valence-corrected chi connectivity index (χ4v) is 4.06. The van der Waals surface area contributed by atoms with Gasteiger partial charge in [0.15, 0.2) is 5.82 Å². The van der Waals surface area contributed by atoms with Crippen LogP contribution in [0.15, 0.2) is 10.6 Å². The molecule has 1 heterocycles. The van der Waals surface area contributed by atoms with Crippen molar-refractivity contribution in [3.63, 3.8) is 0 Å². The van der Waals surface area contributed by atoms with Crippen molar-refractivity contribution in [2.75, 3.05) is 16.8 Å². The summed E-state index contributed by atoms with van der Waals surface area (Å²) in [7, 11) is 0. The molecule has 25 heavy (non-hydrogen) atoms. The SMILES string of the molecule is Cc1cc(NC(=O)CSCC(=O)NC2CCCCC2C(C)(C)C)no1. The molecular weight excluding hydrogens is 338 g/mol. The van der Waals surface area contributed by atoms with Crippen LogP contribution in [-0.4, -0.2) is 34.5 Å². The summed E-state index contributed by atoms with van der Waals surface area (Å²) < 4.78 is 4.89. The van der Waals surface area contributed by atoms with Gasteiger partial charge in [-0.25, -0.2) is 0 Å². The molecule has 0 aliphatic heterocycles. The molecule has 7 heteroatoms. The number of aromatic nitrogens is 1. The summed E-state index contributed by atoms with van der Waals surface area (Å²) in [6, 6.07) is 1.90. The van der Waals surface area contributed by atoms with Crippen LogP contribution < -0.4 is 10.6 Å². The van der Waals surface area contributed by atoms with Crippen molar-refractivity contribution < 1.29 is 14.1 Å². The lowest BCUT2D eigenvalue weighted by molar-refractivity contribution is -0.120. The Balaban J connectivity index is 1.71. The molecule has 0 aromatic carbocycles. The van der Waals surface area contributed by atoms with E-state index in [2.05, 4.69) is 36.6 Å². The number of carbonyl (C=O) groups excluding carboxylic acids is 2. The molecule has 0 saturated heterocycles. The van der Waals surface area contributed by atoms with Crippen LogP contribution in [0.4, 0.5) is 5.82 Å². The molecule has 2 rings (SSSR count). The van der Waals surface area contributed by atoms with E-state index in [0.29, 0.717) is 23.2 Å². The van der Waals surface area contributed by atoms with Crippen LogP contribution in [0.5, 0.6) is 0 Å². The average Bonchev–Trinajstić information content (AvgIpc) is 2.91. The molecular formula is C18H29N3O3S. The first kappa shape index (κ1) is 19.8. The van der Waals surface area contributed by atoms with Crippen molar-refractivity contribution in [2.45, 2.75) is 59.4 Å². The number of amides is 2. The lowest BCUT2D eigenvalue weighted by atomic mass is 9.69. The van der Waals surface area contributed by atoms with Crippen molar-refractivity contribution >= 4 is 29.4 Å². The number of anilines is 1. The van der Waals surface area contributed by atoms with Gasteiger partial charge in [0.1, 0.15) is 5.76 Å². The van der Waals surface area contributed by atoms with E-state index in [1.165, 1.54) is 31.0 Å². The number of hydrogen-bond donors (Lipinski definition) is 2. The highest BCUT2D eigenvalue weighted by molar-refractivity contribution is 8.00. The molecule has 1 aromatic heterocycles. The Labute approximate surface area is 153 Å². The Morgan fingerprint density at radius 1 is 1.24 bits per heavy atom. The van der Waals surface area contributed by atoms with Gasteiger partial charge in [0.25, 0.3) is 0 Å². The van der Waals surface area contributed by atoms with Crippen molar-refractivity contribution in [3.05, 3.63) is 11.8 Å². The third kappa shape index (κ3) is 6.38. The molecule has 0 radical (unpaired) electrons. The highest BCUT2D eigenvalue weighted by Gasteiger charge is 2.34. The van der Waals surface area contributed by atoms with Gasteiger partial charge in [-0.2, -0.15) is 0 Å². The van der Waals surface area contributed by atoms with Gasteiger partial charge in [-0.3, -0.25) is 9.59 Å². The van der Waals surface area contributed by atoms with Crippen LogP contribution in [0.3, 0.4) is 0 Å². The standard InChI is InChI=1S/C18H29N3O3S/c1-12-9-15(21-24-12)20-17(23)11-25-10-16(22)19-14-8-6-5-7-13(14)18(2,3)4/h9,13-14H,5-8,10-11H2,1-4H3,(H,19,22)(H,20,21,23). The maximum Gasteiger partial charge on any atom is 0.235 e. The van der Waals surface area contributed by atoms with E-state index < -0.39 is 0 Å². The van der Waals surface area contributed by atoms with Crippen molar-refractivity contribution in [3.8, 4) is 0 Å². The van der Waals surface area contributed by atoms with Crippen LogP contribution in [0.2, 0.25) is 0 Å². The third-order valence-corrected chi connectivity index (χ3v) is 5.52. The maximum absolute atomic E-state index is 12.2. The number of hydrogen-bond acceptors (Lipinski definition) is 5. The Kier molecular flexibility index (Phi) is 6.93. The fourth-order valence-electron chi connectivity index (χ4n) is 3.43. The topological polar surface area (TPSA) is 84.2 Å². The molecule has 2 atom stereocenters. The Morgan fingerprint density at radius 3 is 2.56 bits per heavy atom.